The van der Waals surface area contributed by atoms with Crippen molar-refractivity contribution in [3.8, 4) is 22.9 Å². The Balaban J connectivity index is 1.48. The van der Waals surface area contributed by atoms with Gasteiger partial charge in [-0.25, -0.2) is 0 Å². The van der Waals surface area contributed by atoms with Crippen molar-refractivity contribution in [3.63, 3.8) is 0 Å². The molecule has 0 atom stereocenters. The Morgan fingerprint density at radius 1 is 1.00 bits per heavy atom. The number of ether oxygens (including phenoxy) is 2. The van der Waals surface area contributed by atoms with Crippen molar-refractivity contribution < 1.29 is 23.6 Å². The molecule has 0 radical (unpaired) electrons. The molecule has 9 nitrogen and oxygen atoms in total. The lowest BCUT2D eigenvalue weighted by Crippen LogP contribution is -2.54. The second kappa shape index (κ2) is 8.47. The number of amides is 2. The van der Waals surface area contributed by atoms with E-state index in [2.05, 4.69) is 10.1 Å². The molecule has 160 valence electrons. The molecule has 1 aliphatic rings. The fraction of sp³-hybridized carbons (Fsp3) is 0.273. The number of hydrogen-bond donors (Lipinski definition) is 0. The number of hydrogen-bond acceptors (Lipinski definition) is 7. The maximum absolute atomic E-state index is 12.7. The molecule has 4 rings (SSSR count). The minimum absolute atomic E-state index is 0.0620. The number of nitrogens with zero attached hydrogens (tertiary/aromatic N) is 4. The van der Waals surface area contributed by atoms with E-state index in [4.69, 9.17) is 14.0 Å². The van der Waals surface area contributed by atoms with Crippen LogP contribution in [-0.4, -0.2) is 54.2 Å². The summed E-state index contributed by atoms with van der Waals surface area (Å²) in [7, 11) is 3.10. The van der Waals surface area contributed by atoms with Crippen molar-refractivity contribution in [2.24, 2.45) is 0 Å². The smallest absolute Gasteiger partial charge is 0.316 e. The molecule has 1 fully saturated rings. The zero-order valence-corrected chi connectivity index (χ0v) is 17.5. The van der Waals surface area contributed by atoms with E-state index in [1.54, 1.807) is 32.4 Å². The van der Waals surface area contributed by atoms with Gasteiger partial charge in [-0.2, -0.15) is 4.98 Å². The topological polar surface area (TPSA) is 98.0 Å². The molecule has 3 aromatic rings. The third-order valence-electron chi connectivity index (χ3n) is 5.15. The first-order valence-corrected chi connectivity index (χ1v) is 9.73. The minimum Gasteiger partial charge on any atom is -0.493 e. The van der Waals surface area contributed by atoms with Gasteiger partial charge in [0.2, 0.25) is 11.7 Å². The Kier molecular flexibility index (Phi) is 5.57. The quantitative estimate of drug-likeness (QED) is 0.563. The minimum atomic E-state index is -0.597. The summed E-state index contributed by atoms with van der Waals surface area (Å²) in [6, 6.07) is 12.8. The zero-order valence-electron chi connectivity index (χ0n) is 17.5. The second-order valence-corrected chi connectivity index (χ2v) is 7.05. The Morgan fingerprint density at radius 2 is 1.77 bits per heavy atom. The van der Waals surface area contributed by atoms with Gasteiger partial charge < -0.3 is 23.8 Å². The van der Waals surface area contributed by atoms with E-state index in [9.17, 15) is 9.59 Å². The third kappa shape index (κ3) is 3.94. The van der Waals surface area contributed by atoms with Crippen LogP contribution in [0.3, 0.4) is 0 Å². The molecule has 1 saturated heterocycles. The zero-order chi connectivity index (χ0) is 22.0. The summed E-state index contributed by atoms with van der Waals surface area (Å²) in [5, 5.41) is 3.99. The first kappa shape index (κ1) is 20.4. The number of rotatable bonds is 6. The largest absolute Gasteiger partial charge is 0.493 e. The van der Waals surface area contributed by atoms with Crippen LogP contribution in [0, 0.1) is 6.92 Å². The van der Waals surface area contributed by atoms with Crippen LogP contribution >= 0.6 is 0 Å². The van der Waals surface area contributed by atoms with E-state index < -0.39 is 11.8 Å². The van der Waals surface area contributed by atoms with Crippen LogP contribution in [0.15, 0.2) is 47.0 Å². The lowest BCUT2D eigenvalue weighted by atomic mass is 10.1. The normalized spacial score (nSPS) is 14.2. The number of aromatic nitrogens is 2. The summed E-state index contributed by atoms with van der Waals surface area (Å²) in [5.41, 5.74) is 2.36. The monoisotopic (exact) mass is 422 g/mol. The van der Waals surface area contributed by atoms with Crippen molar-refractivity contribution in [3.05, 3.63) is 53.9 Å². The van der Waals surface area contributed by atoms with Gasteiger partial charge in [-0.1, -0.05) is 23.4 Å². The van der Waals surface area contributed by atoms with Crippen LogP contribution < -0.4 is 14.4 Å². The molecule has 0 bridgehead atoms. The number of benzene rings is 2. The molecule has 2 aromatic carbocycles. The number of anilines is 1. The molecule has 1 aliphatic heterocycles. The molecule has 1 aromatic heterocycles. The number of piperazine rings is 1. The van der Waals surface area contributed by atoms with Gasteiger partial charge in [0, 0.05) is 24.3 Å². The van der Waals surface area contributed by atoms with E-state index >= 15 is 0 Å². The fourth-order valence-corrected chi connectivity index (χ4v) is 3.50. The summed E-state index contributed by atoms with van der Waals surface area (Å²) in [4.78, 5) is 32.6. The van der Waals surface area contributed by atoms with E-state index in [0.717, 1.165) is 11.3 Å². The molecule has 2 amide bonds. The van der Waals surface area contributed by atoms with Crippen molar-refractivity contribution in [2.75, 3.05) is 32.2 Å². The highest BCUT2D eigenvalue weighted by atomic mass is 16.5. The molecular formula is C22H22N4O5. The Labute approximate surface area is 179 Å². The van der Waals surface area contributed by atoms with Gasteiger partial charge in [0.1, 0.15) is 6.54 Å². The van der Waals surface area contributed by atoms with E-state index in [1.165, 1.54) is 9.80 Å². The third-order valence-corrected chi connectivity index (χ3v) is 5.15. The highest BCUT2D eigenvalue weighted by Crippen LogP contribution is 2.31. The van der Waals surface area contributed by atoms with Crippen molar-refractivity contribution in [2.45, 2.75) is 13.5 Å². The van der Waals surface area contributed by atoms with Crippen LogP contribution in [0.5, 0.6) is 11.5 Å². The van der Waals surface area contributed by atoms with Crippen LogP contribution in [-0.2, 0) is 16.1 Å². The van der Waals surface area contributed by atoms with E-state index in [0.29, 0.717) is 36.0 Å². The van der Waals surface area contributed by atoms with Crippen molar-refractivity contribution in [1.29, 1.82) is 0 Å². The summed E-state index contributed by atoms with van der Waals surface area (Å²) >= 11 is 0. The van der Waals surface area contributed by atoms with Gasteiger partial charge in [0.25, 0.3) is 0 Å². The number of carbonyl (C=O) groups is 2. The standard InChI is InChI=1S/C22H22N4O5/c1-14-6-4-5-7-16(14)26-11-10-25(21(27)22(26)28)13-19-23-20(24-31-19)15-8-9-17(29-2)18(12-15)30-3/h4-9,12H,10-11,13H2,1-3H3. The van der Waals surface area contributed by atoms with Crippen LogP contribution in [0.1, 0.15) is 11.5 Å². The number of methoxy groups -OCH3 is 2. The van der Waals surface area contributed by atoms with E-state index in [-0.39, 0.29) is 12.4 Å². The summed E-state index contributed by atoms with van der Waals surface area (Å²) in [5.74, 6) is 0.564. The predicted molar refractivity (Wildman–Crippen MR) is 112 cm³/mol. The van der Waals surface area contributed by atoms with Gasteiger partial charge in [0.05, 0.1) is 14.2 Å². The van der Waals surface area contributed by atoms with Gasteiger partial charge in [-0.3, -0.25) is 9.59 Å². The SMILES string of the molecule is COc1ccc(-c2noc(CN3CCN(c4ccccc4C)C(=O)C3=O)n2)cc1OC. The molecule has 0 aliphatic carbocycles. The maximum Gasteiger partial charge on any atom is 0.316 e. The van der Waals surface area contributed by atoms with Crippen molar-refractivity contribution in [1.82, 2.24) is 15.0 Å². The molecule has 0 saturated carbocycles. The molecule has 2 heterocycles. The van der Waals surface area contributed by atoms with E-state index in [1.807, 2.05) is 31.2 Å². The molecule has 0 unspecified atom stereocenters. The Bertz CT molecular complexity index is 1130. The first-order valence-electron chi connectivity index (χ1n) is 9.73. The van der Waals surface area contributed by atoms with Crippen LogP contribution in [0.25, 0.3) is 11.4 Å². The fourth-order valence-electron chi connectivity index (χ4n) is 3.50. The predicted octanol–water partition coefficient (Wildman–Crippen LogP) is 2.44. The van der Waals surface area contributed by atoms with Crippen molar-refractivity contribution >= 4 is 17.5 Å². The number of carbonyl (C=O) groups excluding carboxylic acids is 2. The number of aryl methyl sites for hydroxylation is 1. The Morgan fingerprint density at radius 3 is 2.52 bits per heavy atom. The average Bonchev–Trinajstić information content (AvgIpc) is 3.26. The summed E-state index contributed by atoms with van der Waals surface area (Å²) in [6.07, 6.45) is 0. The Hall–Kier alpha value is -3.88. The van der Waals surface area contributed by atoms with Gasteiger partial charge in [-0.05, 0) is 36.8 Å². The number of para-hydroxylation sites is 1. The van der Waals surface area contributed by atoms with Gasteiger partial charge in [-0.15, -0.1) is 0 Å². The summed E-state index contributed by atoms with van der Waals surface area (Å²) < 4.78 is 15.8. The second-order valence-electron chi connectivity index (χ2n) is 7.05. The van der Waals surface area contributed by atoms with Crippen LogP contribution in [0.2, 0.25) is 0 Å². The van der Waals surface area contributed by atoms with Crippen LogP contribution in [0.4, 0.5) is 5.69 Å². The highest BCUT2D eigenvalue weighted by molar-refractivity contribution is 6.41. The maximum atomic E-state index is 12.7. The molecular weight excluding hydrogens is 400 g/mol. The lowest BCUT2D eigenvalue weighted by Gasteiger charge is -2.33. The molecule has 31 heavy (non-hydrogen) atoms. The van der Waals surface area contributed by atoms with Gasteiger partial charge in [0.15, 0.2) is 11.5 Å². The molecule has 0 N–H and O–H groups in total. The molecule has 0 spiro atoms. The van der Waals surface area contributed by atoms with Gasteiger partial charge >= 0.3 is 11.8 Å². The first-order chi connectivity index (χ1) is 15.0. The average molecular weight is 422 g/mol. The summed E-state index contributed by atoms with van der Waals surface area (Å²) in [6.45, 7) is 2.74. The highest BCUT2D eigenvalue weighted by Gasteiger charge is 2.34. The lowest BCUT2D eigenvalue weighted by molar-refractivity contribution is -0.146. The molecule has 9 heteroatoms.